The highest BCUT2D eigenvalue weighted by atomic mass is 35.5. The van der Waals surface area contributed by atoms with Gasteiger partial charge in [0.1, 0.15) is 6.04 Å². The number of imide groups is 1. The number of carboxylic acid groups (broad SMARTS) is 1. The summed E-state index contributed by atoms with van der Waals surface area (Å²) in [6.45, 7) is 0. The van der Waals surface area contributed by atoms with E-state index in [0.29, 0.717) is 25.0 Å². The van der Waals surface area contributed by atoms with Crippen LogP contribution in [0, 0.1) is 17.6 Å². The number of fused-ring (bicyclic) bond motifs is 1. The zero-order valence-electron chi connectivity index (χ0n) is 18.4. The van der Waals surface area contributed by atoms with E-state index in [2.05, 4.69) is 5.32 Å². The van der Waals surface area contributed by atoms with Gasteiger partial charge in [-0.2, -0.15) is 0 Å². The highest BCUT2D eigenvalue weighted by Gasteiger charge is 2.48. The minimum atomic E-state index is -1.31. The van der Waals surface area contributed by atoms with Gasteiger partial charge in [0, 0.05) is 6.04 Å². The normalized spacial score (nSPS) is 21.2. The third-order valence-electron chi connectivity index (χ3n) is 6.49. The van der Waals surface area contributed by atoms with Crippen LogP contribution in [0.3, 0.4) is 0 Å². The number of carbonyl (C=O) groups excluding carboxylic acids is 3. The Morgan fingerprint density at radius 1 is 1.00 bits per heavy atom. The predicted octanol–water partition coefficient (Wildman–Crippen LogP) is 4.44. The Kier molecular flexibility index (Phi) is 7.02. The van der Waals surface area contributed by atoms with Crippen molar-refractivity contribution in [2.24, 2.45) is 5.92 Å². The number of carboxylic acids is 1. The number of likely N-dealkylation sites (tertiary alicyclic amines) is 1. The third kappa shape index (κ3) is 4.97. The zero-order valence-corrected chi connectivity index (χ0v) is 19.1. The van der Waals surface area contributed by atoms with E-state index in [0.717, 1.165) is 19.3 Å². The molecule has 8 nitrogen and oxygen atoms in total. The van der Waals surface area contributed by atoms with E-state index in [4.69, 9.17) is 11.6 Å². The molecule has 4 rings (SSSR count). The number of carbonyl (C=O) groups is 4. The van der Waals surface area contributed by atoms with Crippen molar-refractivity contribution in [2.45, 2.75) is 44.2 Å². The lowest BCUT2D eigenvalue weighted by atomic mass is 9.84. The lowest BCUT2D eigenvalue weighted by Gasteiger charge is -2.33. The van der Waals surface area contributed by atoms with Crippen LogP contribution in [-0.4, -0.2) is 45.9 Å². The van der Waals surface area contributed by atoms with Crippen molar-refractivity contribution in [1.82, 2.24) is 10.2 Å². The Balaban J connectivity index is 1.53. The first-order chi connectivity index (χ1) is 16.7. The van der Waals surface area contributed by atoms with Crippen LogP contribution in [0.5, 0.6) is 0 Å². The fraction of sp³-hybridized carbons (Fsp3) is 0.333. The first-order valence-corrected chi connectivity index (χ1v) is 11.5. The molecule has 3 atom stereocenters. The van der Waals surface area contributed by atoms with Gasteiger partial charge in [-0.25, -0.2) is 18.4 Å². The van der Waals surface area contributed by atoms with Crippen LogP contribution in [0.4, 0.5) is 19.3 Å². The highest BCUT2D eigenvalue weighted by Crippen LogP contribution is 2.41. The smallest absolute Gasteiger partial charge is 0.326 e. The maximum Gasteiger partial charge on any atom is 0.326 e. The number of hydrogen-bond acceptors (Lipinski definition) is 4. The summed E-state index contributed by atoms with van der Waals surface area (Å²) in [4.78, 5) is 51.6. The number of nitrogens with one attached hydrogen (secondary N) is 2. The van der Waals surface area contributed by atoms with E-state index < -0.39 is 47.1 Å². The standard InChI is InChI=1S/C24H22ClF2N3O5/c25-15-11-17(27)16(26)10-14(15)21(31)29-24(35)28-18-7-3-2-6-13(18)22(32)30-19-8-4-1-5-12(19)9-20(30)23(33)34/h2-3,6-7,10-12,19-20H,1,4-5,8-9H2,(H,33,34)(H2,28,29,31,35)/t12?,19?,20-/m0/s1. The minimum absolute atomic E-state index is 0.0579. The van der Waals surface area contributed by atoms with Crippen LogP contribution in [0.2, 0.25) is 5.02 Å². The Labute approximate surface area is 204 Å². The highest BCUT2D eigenvalue weighted by molar-refractivity contribution is 6.34. The van der Waals surface area contributed by atoms with Crippen LogP contribution in [0.1, 0.15) is 52.8 Å². The molecule has 1 saturated carbocycles. The van der Waals surface area contributed by atoms with Crippen LogP contribution >= 0.6 is 11.6 Å². The molecule has 4 amide bonds. The van der Waals surface area contributed by atoms with E-state index in [-0.39, 0.29) is 28.2 Å². The second-order valence-electron chi connectivity index (χ2n) is 8.61. The summed E-state index contributed by atoms with van der Waals surface area (Å²) in [6.07, 6.45) is 3.83. The molecular formula is C24H22ClF2N3O5. The molecule has 2 fully saturated rings. The number of amides is 4. The topological polar surface area (TPSA) is 116 Å². The molecule has 2 aromatic carbocycles. The fourth-order valence-electron chi connectivity index (χ4n) is 4.91. The van der Waals surface area contributed by atoms with E-state index >= 15 is 0 Å². The fourth-order valence-corrected chi connectivity index (χ4v) is 5.15. The van der Waals surface area contributed by atoms with Crippen molar-refractivity contribution >= 4 is 41.1 Å². The summed E-state index contributed by atoms with van der Waals surface area (Å²) in [5.74, 6) is -5.13. The lowest BCUT2D eigenvalue weighted by Crippen LogP contribution is -2.46. The molecule has 0 aromatic heterocycles. The quantitative estimate of drug-likeness (QED) is 0.531. The molecule has 2 unspecified atom stereocenters. The number of rotatable bonds is 4. The second kappa shape index (κ2) is 9.99. The molecule has 11 heteroatoms. The molecule has 1 heterocycles. The first-order valence-electron chi connectivity index (χ1n) is 11.1. The molecule has 3 N–H and O–H groups in total. The summed E-state index contributed by atoms with van der Waals surface area (Å²) in [7, 11) is 0. The minimum Gasteiger partial charge on any atom is -0.480 e. The van der Waals surface area contributed by atoms with Crippen molar-refractivity contribution in [2.75, 3.05) is 5.32 Å². The predicted molar refractivity (Wildman–Crippen MR) is 122 cm³/mol. The first kappa shape index (κ1) is 24.6. The SMILES string of the molecule is O=C(NC(=O)c1cc(F)c(F)cc1Cl)Nc1ccccc1C(=O)N1C2CCCCC2C[C@H]1C(=O)O. The van der Waals surface area contributed by atoms with Gasteiger partial charge in [0.15, 0.2) is 11.6 Å². The number of anilines is 1. The number of para-hydroxylation sites is 1. The molecule has 1 aliphatic heterocycles. The molecule has 1 aliphatic carbocycles. The molecule has 184 valence electrons. The van der Waals surface area contributed by atoms with E-state index in [1.54, 1.807) is 12.1 Å². The summed E-state index contributed by atoms with van der Waals surface area (Å²) in [5, 5.41) is 13.7. The molecule has 0 radical (unpaired) electrons. The molecule has 0 bridgehead atoms. The zero-order chi connectivity index (χ0) is 25.3. The average molecular weight is 506 g/mol. The molecule has 2 aliphatic rings. The number of urea groups is 1. The van der Waals surface area contributed by atoms with E-state index in [1.807, 2.05) is 5.32 Å². The van der Waals surface area contributed by atoms with Crippen molar-refractivity contribution < 1.29 is 33.1 Å². The van der Waals surface area contributed by atoms with Crippen LogP contribution in [0.25, 0.3) is 0 Å². The van der Waals surface area contributed by atoms with Crippen LogP contribution < -0.4 is 10.6 Å². The maximum atomic E-state index is 13.5. The van der Waals surface area contributed by atoms with Gasteiger partial charge >= 0.3 is 12.0 Å². The van der Waals surface area contributed by atoms with E-state index in [9.17, 15) is 33.1 Å². The molecule has 2 aromatic rings. The number of nitrogens with zero attached hydrogens (tertiary/aromatic N) is 1. The van der Waals surface area contributed by atoms with Gasteiger partial charge < -0.3 is 15.3 Å². The average Bonchev–Trinajstić information content (AvgIpc) is 3.21. The van der Waals surface area contributed by atoms with Gasteiger partial charge in [-0.3, -0.25) is 14.9 Å². The number of benzene rings is 2. The number of halogens is 3. The Hall–Kier alpha value is -3.53. The molecule has 35 heavy (non-hydrogen) atoms. The van der Waals surface area contributed by atoms with Gasteiger partial charge in [-0.15, -0.1) is 0 Å². The largest absolute Gasteiger partial charge is 0.480 e. The lowest BCUT2D eigenvalue weighted by molar-refractivity contribution is -0.141. The van der Waals surface area contributed by atoms with Gasteiger partial charge in [0.25, 0.3) is 11.8 Å². The summed E-state index contributed by atoms with van der Waals surface area (Å²) >= 11 is 5.78. The van der Waals surface area contributed by atoms with Crippen LogP contribution in [0.15, 0.2) is 36.4 Å². The molecule has 1 saturated heterocycles. The summed E-state index contributed by atoms with van der Waals surface area (Å²) in [5.41, 5.74) is -0.323. The summed E-state index contributed by atoms with van der Waals surface area (Å²) in [6, 6.07) is 5.01. The Morgan fingerprint density at radius 2 is 1.69 bits per heavy atom. The summed E-state index contributed by atoms with van der Waals surface area (Å²) < 4.78 is 26.8. The van der Waals surface area contributed by atoms with Crippen molar-refractivity contribution in [3.05, 3.63) is 64.2 Å². The van der Waals surface area contributed by atoms with Gasteiger partial charge in [0.05, 0.1) is 21.8 Å². The van der Waals surface area contributed by atoms with Crippen molar-refractivity contribution in [3.63, 3.8) is 0 Å². The monoisotopic (exact) mass is 505 g/mol. The second-order valence-corrected chi connectivity index (χ2v) is 9.02. The molecular weight excluding hydrogens is 484 g/mol. The molecule has 0 spiro atoms. The van der Waals surface area contributed by atoms with Crippen LogP contribution in [-0.2, 0) is 4.79 Å². The number of hydrogen-bond donors (Lipinski definition) is 3. The van der Waals surface area contributed by atoms with Crippen molar-refractivity contribution in [3.8, 4) is 0 Å². The Bertz CT molecular complexity index is 1210. The Morgan fingerprint density at radius 3 is 2.43 bits per heavy atom. The van der Waals surface area contributed by atoms with Gasteiger partial charge in [-0.1, -0.05) is 36.6 Å². The van der Waals surface area contributed by atoms with E-state index in [1.165, 1.54) is 17.0 Å². The van der Waals surface area contributed by atoms with Gasteiger partial charge in [0.2, 0.25) is 0 Å². The maximum absolute atomic E-state index is 13.5. The van der Waals surface area contributed by atoms with Crippen molar-refractivity contribution in [1.29, 1.82) is 0 Å². The third-order valence-corrected chi connectivity index (χ3v) is 6.81. The number of aliphatic carboxylic acids is 1. The van der Waals surface area contributed by atoms with Gasteiger partial charge in [-0.05, 0) is 49.4 Å².